The molecule has 19 aromatic rings. The molecule has 24 heteroatoms. The van der Waals surface area contributed by atoms with Gasteiger partial charge in [0, 0.05) is 158 Å². The van der Waals surface area contributed by atoms with E-state index in [1.165, 1.54) is 85.5 Å². The van der Waals surface area contributed by atoms with E-state index in [0.717, 1.165) is 158 Å². The molecule has 0 amide bonds. The average molecular weight is 1490 g/mol. The SMILES string of the molecule is Cn1cc(Cn2cnc(-c3ccc(F)cc3)c2-c2ccnc3[nH]ccc23)cn1.Fc1ccc(-c2ncn(CC3CCCCC3)c2-c2ccnc3[nH]ccc23)cc1.Fc1ccc(-c2ncn(Cc3cccnc3)c2-c2ccnc3[nH]ccc23)cc1.Fc1ccc(-c2ncn(Cc3cccs3)c2-c2ccnc3[nH]ccc23)cc1. The van der Waals surface area contributed by atoms with Gasteiger partial charge in [-0.25, -0.2) is 57.4 Å². The molecular formula is C87H71F4N19S. The number of hydrogen-bond acceptors (Lipinski definition) is 11. The molecule has 19 nitrogen and oxygen atoms in total. The summed E-state index contributed by atoms with van der Waals surface area (Å²) in [5, 5.41) is 10.5. The van der Waals surface area contributed by atoms with Gasteiger partial charge in [-0.2, -0.15) is 5.10 Å². The first-order valence-corrected chi connectivity index (χ1v) is 37.3. The molecule has 1 aliphatic carbocycles. The van der Waals surface area contributed by atoms with E-state index >= 15 is 0 Å². The van der Waals surface area contributed by atoms with Gasteiger partial charge in [0.25, 0.3) is 0 Å². The maximum atomic E-state index is 13.5. The quantitative estimate of drug-likeness (QED) is 0.0671. The molecule has 0 atom stereocenters. The molecule has 1 saturated carbocycles. The fourth-order valence-corrected chi connectivity index (χ4v) is 15.5. The van der Waals surface area contributed by atoms with E-state index in [9.17, 15) is 17.6 Å². The van der Waals surface area contributed by atoms with Crippen molar-refractivity contribution in [3.63, 3.8) is 0 Å². The van der Waals surface area contributed by atoms with Gasteiger partial charge < -0.3 is 38.2 Å². The van der Waals surface area contributed by atoms with Crippen LogP contribution in [0.5, 0.6) is 0 Å². The minimum absolute atomic E-state index is 0.233. The van der Waals surface area contributed by atoms with Crippen LogP contribution in [0.1, 0.15) is 48.1 Å². The van der Waals surface area contributed by atoms with Crippen molar-refractivity contribution in [2.75, 3.05) is 0 Å². The van der Waals surface area contributed by atoms with Crippen molar-refractivity contribution in [3.8, 4) is 90.1 Å². The zero-order valence-corrected chi connectivity index (χ0v) is 60.9. The summed E-state index contributed by atoms with van der Waals surface area (Å²) in [6.07, 6.45) is 36.2. The van der Waals surface area contributed by atoms with E-state index in [1.54, 1.807) is 77.2 Å². The van der Waals surface area contributed by atoms with Crippen LogP contribution in [0.3, 0.4) is 0 Å². The van der Waals surface area contributed by atoms with Crippen LogP contribution in [0.15, 0.2) is 275 Å². The lowest BCUT2D eigenvalue weighted by atomic mass is 9.89. The molecule has 15 heterocycles. The molecule has 15 aromatic heterocycles. The first-order valence-electron chi connectivity index (χ1n) is 36.4. The van der Waals surface area contributed by atoms with E-state index < -0.39 is 0 Å². The minimum atomic E-state index is -0.267. The summed E-state index contributed by atoms with van der Waals surface area (Å²) in [5.41, 5.74) is 20.6. The zero-order chi connectivity index (χ0) is 75.2. The Morgan fingerprint density at radius 1 is 0.378 bits per heavy atom. The molecule has 4 N–H and O–H groups in total. The molecule has 0 spiro atoms. The van der Waals surface area contributed by atoms with Crippen molar-refractivity contribution in [2.45, 2.75) is 58.3 Å². The summed E-state index contributed by atoms with van der Waals surface area (Å²) < 4.78 is 64.2. The summed E-state index contributed by atoms with van der Waals surface area (Å²) in [7, 11) is 1.90. The van der Waals surface area contributed by atoms with Crippen LogP contribution in [0.25, 0.3) is 134 Å². The highest BCUT2D eigenvalue weighted by Crippen LogP contribution is 2.41. The molecule has 0 bridgehead atoms. The number of rotatable bonds is 16. The highest BCUT2D eigenvalue weighted by molar-refractivity contribution is 7.09. The summed E-state index contributed by atoms with van der Waals surface area (Å²) >= 11 is 1.72. The Labute approximate surface area is 637 Å². The van der Waals surface area contributed by atoms with Gasteiger partial charge in [0.1, 0.15) is 45.9 Å². The Morgan fingerprint density at radius 3 is 1.12 bits per heavy atom. The third-order valence-corrected chi connectivity index (χ3v) is 20.8. The number of hydrogen-bond donors (Lipinski definition) is 4. The van der Waals surface area contributed by atoms with Gasteiger partial charge in [-0.15, -0.1) is 11.3 Å². The molecule has 4 aromatic carbocycles. The fraction of sp³-hybridized carbons (Fsp3) is 0.126. The number of aromatic amines is 4. The topological polar surface area (TPSA) is 217 Å². The Kier molecular flexibility index (Phi) is 20.0. The first kappa shape index (κ1) is 70.3. The van der Waals surface area contributed by atoms with Crippen LogP contribution in [-0.4, -0.2) is 92.8 Å². The monoisotopic (exact) mass is 1490 g/mol. The summed E-state index contributed by atoms with van der Waals surface area (Å²) in [5.74, 6) is -0.334. The highest BCUT2D eigenvalue weighted by Gasteiger charge is 2.25. The molecule has 0 radical (unpaired) electrons. The van der Waals surface area contributed by atoms with Crippen molar-refractivity contribution in [1.82, 2.24) is 92.8 Å². The molecule has 0 aliphatic heterocycles. The normalized spacial score (nSPS) is 12.3. The van der Waals surface area contributed by atoms with Crippen LogP contribution < -0.4 is 0 Å². The maximum absolute atomic E-state index is 13.5. The van der Waals surface area contributed by atoms with Crippen LogP contribution >= 0.6 is 11.3 Å². The average Bonchev–Trinajstić information content (AvgIpc) is 1.65. The Bertz CT molecular complexity index is 6330. The summed E-state index contributed by atoms with van der Waals surface area (Å²) in [6.45, 7) is 2.96. The van der Waals surface area contributed by atoms with Gasteiger partial charge in [0.2, 0.25) is 0 Å². The second-order valence-electron chi connectivity index (χ2n) is 27.2. The van der Waals surface area contributed by atoms with Gasteiger partial charge in [0.15, 0.2) is 0 Å². The lowest BCUT2D eigenvalue weighted by Crippen LogP contribution is -2.14. The third kappa shape index (κ3) is 15.1. The standard InChI is InChI=1S/C23H23FN4.C22H16FN5.C21H17FN6.C21H15FN4S/c24-18-8-6-17(7-9-18)21-22(19-10-12-25-23-20(19)11-13-26-23)28(15-27-21)14-16-4-2-1-3-5-16;23-17-5-3-16(4-6-17)20-21(18-7-10-25-22-19(18)8-11-26-22)28(14-27-20)13-15-2-1-9-24-12-15;1-27-11-14(10-26-27)12-28-13-25-19(15-2-4-16(22)5-3-15)20(28)17-6-8-23-21-18(17)7-9-24-21;22-15-5-3-14(4-6-15)19-20(17-7-9-23-21-18(17)8-10-24-21)26(13-25-19)12-16-2-1-11-27-16/h6-13,15-16H,1-5,14H2,(H,25,26);1-12,14H,13H2,(H,25,26);2-11,13H,12H2,1H3,(H,23,24);1-11,13H,12H2,(H,23,24). The highest BCUT2D eigenvalue weighted by atomic mass is 32.1. The lowest BCUT2D eigenvalue weighted by Gasteiger charge is -2.23. The van der Waals surface area contributed by atoms with E-state index in [0.29, 0.717) is 19.0 Å². The Balaban J connectivity index is 0.000000108. The molecule has 1 fully saturated rings. The lowest BCUT2D eigenvalue weighted by molar-refractivity contribution is 0.320. The first-order chi connectivity index (χ1) is 54.6. The largest absolute Gasteiger partial charge is 0.346 e. The van der Waals surface area contributed by atoms with Crippen molar-refractivity contribution in [1.29, 1.82) is 0 Å². The number of halogens is 4. The maximum Gasteiger partial charge on any atom is 0.137 e. The smallest absolute Gasteiger partial charge is 0.137 e. The van der Waals surface area contributed by atoms with Gasteiger partial charge >= 0.3 is 0 Å². The number of nitrogens with one attached hydrogen (secondary N) is 4. The second-order valence-corrected chi connectivity index (χ2v) is 28.2. The van der Waals surface area contributed by atoms with Crippen molar-refractivity contribution >= 4 is 55.5 Å². The van der Waals surface area contributed by atoms with Gasteiger partial charge in [-0.3, -0.25) is 9.67 Å². The van der Waals surface area contributed by atoms with E-state index in [4.69, 9.17) is 4.98 Å². The van der Waals surface area contributed by atoms with Crippen LogP contribution in [-0.2, 0) is 33.2 Å². The van der Waals surface area contributed by atoms with Crippen molar-refractivity contribution in [2.24, 2.45) is 13.0 Å². The third-order valence-electron chi connectivity index (χ3n) is 20.0. The van der Waals surface area contributed by atoms with Gasteiger partial charge in [-0.05, 0) is 187 Å². The Morgan fingerprint density at radius 2 is 0.757 bits per heavy atom. The number of aromatic nitrogens is 19. The zero-order valence-electron chi connectivity index (χ0n) is 60.1. The molecule has 548 valence electrons. The van der Waals surface area contributed by atoms with Crippen LogP contribution in [0.2, 0.25) is 0 Å². The van der Waals surface area contributed by atoms with Gasteiger partial charge in [-0.1, -0.05) is 31.4 Å². The summed E-state index contributed by atoms with van der Waals surface area (Å²) in [4.78, 5) is 54.5. The number of benzene rings is 4. The molecule has 0 unspecified atom stereocenters. The molecular weight excluding hydrogens is 1420 g/mol. The van der Waals surface area contributed by atoms with Gasteiger partial charge in [0.05, 0.1) is 96.7 Å². The van der Waals surface area contributed by atoms with Crippen molar-refractivity contribution in [3.05, 3.63) is 314 Å². The van der Waals surface area contributed by atoms with E-state index in [2.05, 4.69) is 107 Å². The van der Waals surface area contributed by atoms with E-state index in [1.807, 2.05) is 149 Å². The van der Waals surface area contributed by atoms with Crippen LogP contribution in [0.4, 0.5) is 17.6 Å². The second kappa shape index (κ2) is 31.6. The molecule has 1 aliphatic rings. The molecule has 0 saturated heterocycles. The van der Waals surface area contributed by atoms with E-state index in [-0.39, 0.29) is 23.3 Å². The molecule has 111 heavy (non-hydrogen) atoms. The fourth-order valence-electron chi connectivity index (χ4n) is 14.8. The predicted molar refractivity (Wildman–Crippen MR) is 426 cm³/mol. The Hall–Kier alpha value is -13.7. The predicted octanol–water partition coefficient (Wildman–Crippen LogP) is 19.8. The number of thiophene rings is 1. The molecule has 20 rings (SSSR count). The number of pyridine rings is 5. The number of nitrogens with zero attached hydrogens (tertiary/aromatic N) is 15. The number of H-pyrrole nitrogens is 4. The minimum Gasteiger partial charge on any atom is -0.346 e. The van der Waals surface area contributed by atoms with Crippen molar-refractivity contribution < 1.29 is 17.6 Å². The number of imidazole rings is 4. The number of aryl methyl sites for hydroxylation is 1. The van der Waals surface area contributed by atoms with Crippen LogP contribution in [0, 0.1) is 29.2 Å². The summed E-state index contributed by atoms with van der Waals surface area (Å²) in [6, 6.07) is 50.2. The number of fused-ring (bicyclic) bond motifs is 4.